The lowest BCUT2D eigenvalue weighted by Crippen LogP contribution is -2.24. The Morgan fingerprint density at radius 1 is 0.700 bits per heavy atom. The second-order valence-corrected chi connectivity index (χ2v) is 10.3. The number of ether oxygens (including phenoxy) is 1. The molecule has 1 aliphatic heterocycles. The molecule has 0 unspecified atom stereocenters. The van der Waals surface area contributed by atoms with Gasteiger partial charge in [-0.1, -0.05) is 77.1 Å². The number of para-hydroxylation sites is 1. The Morgan fingerprint density at radius 2 is 1.47 bits per heavy atom. The summed E-state index contributed by atoms with van der Waals surface area (Å²) < 4.78 is 6.57. The second-order valence-electron chi connectivity index (χ2n) is 10.3. The standard InChI is InChI=1S/C29H26O/c1-28(2,3)22-15-18-16-23-27(30-24-12-7-6-11-21(24)29(23,4)5)20-14-13-17-9-8-10-19(22)25(17)26(18)20/h6-16H,1-5H3. The van der Waals surface area contributed by atoms with E-state index in [1.54, 1.807) is 0 Å². The van der Waals surface area contributed by atoms with Crippen molar-refractivity contribution in [2.75, 3.05) is 0 Å². The average molecular weight is 391 g/mol. The second kappa shape index (κ2) is 5.55. The van der Waals surface area contributed by atoms with Crippen LogP contribution < -0.4 is 4.74 Å². The summed E-state index contributed by atoms with van der Waals surface area (Å²) in [5.41, 5.74) is 3.88. The van der Waals surface area contributed by atoms with Crippen LogP contribution >= 0.6 is 0 Å². The summed E-state index contributed by atoms with van der Waals surface area (Å²) in [7, 11) is 0. The van der Waals surface area contributed by atoms with Crippen LogP contribution in [0.2, 0.25) is 0 Å². The Kier molecular flexibility index (Phi) is 3.28. The highest BCUT2D eigenvalue weighted by Gasteiger charge is 2.36. The van der Waals surface area contributed by atoms with Crippen LogP contribution in [-0.4, -0.2) is 0 Å². The zero-order chi connectivity index (χ0) is 20.8. The van der Waals surface area contributed by atoms with Gasteiger partial charge in [-0.15, -0.1) is 0 Å². The van der Waals surface area contributed by atoms with Gasteiger partial charge in [0, 0.05) is 27.3 Å². The van der Waals surface area contributed by atoms with Crippen molar-refractivity contribution in [3.63, 3.8) is 0 Å². The van der Waals surface area contributed by atoms with E-state index >= 15 is 0 Å². The maximum atomic E-state index is 6.57. The Balaban J connectivity index is 1.82. The summed E-state index contributed by atoms with van der Waals surface area (Å²) in [6, 6.07) is 24.5. The molecule has 0 radical (unpaired) electrons. The van der Waals surface area contributed by atoms with Crippen molar-refractivity contribution < 1.29 is 4.74 Å². The molecule has 0 saturated carbocycles. The molecule has 0 aliphatic carbocycles. The quantitative estimate of drug-likeness (QED) is 0.242. The van der Waals surface area contributed by atoms with Crippen molar-refractivity contribution in [3.05, 3.63) is 83.4 Å². The van der Waals surface area contributed by atoms with Gasteiger partial charge in [0.15, 0.2) is 0 Å². The normalized spacial score (nSPS) is 15.4. The first kappa shape index (κ1) is 17.8. The molecule has 6 rings (SSSR count). The summed E-state index contributed by atoms with van der Waals surface area (Å²) in [5, 5.41) is 7.87. The van der Waals surface area contributed by atoms with E-state index in [4.69, 9.17) is 4.74 Å². The minimum atomic E-state index is -0.115. The lowest BCUT2D eigenvalue weighted by molar-refractivity contribution is 0.423. The third-order valence-electron chi connectivity index (χ3n) is 6.97. The van der Waals surface area contributed by atoms with Crippen molar-refractivity contribution in [2.45, 2.75) is 45.4 Å². The molecule has 1 aliphatic rings. The molecule has 148 valence electrons. The monoisotopic (exact) mass is 390 g/mol. The van der Waals surface area contributed by atoms with Crippen LogP contribution in [0, 0.1) is 0 Å². The van der Waals surface area contributed by atoms with Gasteiger partial charge >= 0.3 is 0 Å². The molecule has 0 N–H and O–H groups in total. The molecule has 30 heavy (non-hydrogen) atoms. The lowest BCUT2D eigenvalue weighted by atomic mass is 9.73. The predicted octanol–water partition coefficient (Wildman–Crippen LogP) is 8.31. The molecular weight excluding hydrogens is 364 g/mol. The number of hydrogen-bond acceptors (Lipinski definition) is 1. The highest BCUT2D eigenvalue weighted by atomic mass is 16.5. The number of rotatable bonds is 0. The summed E-state index contributed by atoms with van der Waals surface area (Å²) in [4.78, 5) is 0. The smallest absolute Gasteiger partial charge is 0.139 e. The Labute approximate surface area is 177 Å². The van der Waals surface area contributed by atoms with Gasteiger partial charge in [-0.05, 0) is 56.8 Å². The third kappa shape index (κ3) is 2.18. The maximum Gasteiger partial charge on any atom is 0.139 e. The van der Waals surface area contributed by atoms with Crippen LogP contribution in [0.1, 0.15) is 51.3 Å². The summed E-state index contributed by atoms with van der Waals surface area (Å²) >= 11 is 0. The van der Waals surface area contributed by atoms with Gasteiger partial charge in [-0.25, -0.2) is 0 Å². The topological polar surface area (TPSA) is 9.23 Å². The number of fused-ring (bicyclic) bond motifs is 3. The van der Waals surface area contributed by atoms with Gasteiger partial charge in [0.25, 0.3) is 0 Å². The van der Waals surface area contributed by atoms with Gasteiger partial charge in [0.05, 0.1) is 0 Å². The molecular formula is C29H26O. The number of hydrogen-bond donors (Lipinski definition) is 0. The molecule has 0 spiro atoms. The SMILES string of the molecule is CC(C)(C)c1cc2cc3c(c4ccc5cccc1c5c24)Oc1ccccc1C3(C)C. The van der Waals surface area contributed by atoms with Crippen LogP contribution in [0.25, 0.3) is 32.3 Å². The minimum Gasteiger partial charge on any atom is -0.456 e. The molecule has 0 bridgehead atoms. The molecule has 5 aromatic carbocycles. The predicted molar refractivity (Wildman–Crippen MR) is 127 cm³/mol. The number of benzene rings is 5. The fourth-order valence-corrected chi connectivity index (χ4v) is 5.40. The highest BCUT2D eigenvalue weighted by molar-refractivity contribution is 6.25. The van der Waals surface area contributed by atoms with Gasteiger partial charge in [-0.3, -0.25) is 0 Å². The molecule has 0 aromatic heterocycles. The molecule has 1 nitrogen and oxygen atoms in total. The van der Waals surface area contributed by atoms with Gasteiger partial charge in [0.2, 0.25) is 0 Å². The first-order valence-corrected chi connectivity index (χ1v) is 10.8. The van der Waals surface area contributed by atoms with E-state index in [-0.39, 0.29) is 10.8 Å². The molecule has 1 heterocycles. The van der Waals surface area contributed by atoms with Crippen LogP contribution in [0.4, 0.5) is 0 Å². The summed E-state index contributed by atoms with van der Waals surface area (Å²) in [5.74, 6) is 1.99. The van der Waals surface area contributed by atoms with Crippen molar-refractivity contribution in [3.8, 4) is 11.5 Å². The maximum absolute atomic E-state index is 6.57. The summed E-state index contributed by atoms with van der Waals surface area (Å²) in [6.07, 6.45) is 0. The Morgan fingerprint density at radius 3 is 2.27 bits per heavy atom. The van der Waals surface area contributed by atoms with Gasteiger partial charge < -0.3 is 4.74 Å². The highest BCUT2D eigenvalue weighted by Crippen LogP contribution is 2.53. The first-order chi connectivity index (χ1) is 14.3. The van der Waals surface area contributed by atoms with Crippen LogP contribution in [-0.2, 0) is 10.8 Å². The summed E-state index contributed by atoms with van der Waals surface area (Å²) in [6.45, 7) is 11.6. The zero-order valence-electron chi connectivity index (χ0n) is 18.3. The van der Waals surface area contributed by atoms with Crippen LogP contribution in [0.3, 0.4) is 0 Å². The van der Waals surface area contributed by atoms with E-state index < -0.39 is 0 Å². The van der Waals surface area contributed by atoms with E-state index in [1.807, 2.05) is 0 Å². The largest absolute Gasteiger partial charge is 0.456 e. The fraction of sp³-hybridized carbons (Fsp3) is 0.241. The van der Waals surface area contributed by atoms with E-state index in [9.17, 15) is 0 Å². The van der Waals surface area contributed by atoms with Crippen LogP contribution in [0.15, 0.2) is 66.7 Å². The first-order valence-electron chi connectivity index (χ1n) is 10.8. The lowest BCUT2D eigenvalue weighted by Gasteiger charge is -2.36. The fourth-order valence-electron chi connectivity index (χ4n) is 5.40. The van der Waals surface area contributed by atoms with E-state index in [2.05, 4.69) is 101 Å². The molecule has 0 atom stereocenters. The van der Waals surface area contributed by atoms with Gasteiger partial charge in [-0.2, -0.15) is 0 Å². The zero-order valence-corrected chi connectivity index (χ0v) is 18.3. The van der Waals surface area contributed by atoms with E-state index in [0.29, 0.717) is 0 Å². The molecule has 0 fully saturated rings. The molecule has 0 amide bonds. The van der Waals surface area contributed by atoms with Crippen molar-refractivity contribution >= 4 is 32.3 Å². The van der Waals surface area contributed by atoms with E-state index in [1.165, 1.54) is 49.0 Å². The van der Waals surface area contributed by atoms with Gasteiger partial charge in [0.1, 0.15) is 11.5 Å². The average Bonchev–Trinajstić information content (AvgIpc) is 2.71. The van der Waals surface area contributed by atoms with Crippen molar-refractivity contribution in [1.29, 1.82) is 0 Å². The van der Waals surface area contributed by atoms with Crippen molar-refractivity contribution in [2.24, 2.45) is 0 Å². The third-order valence-corrected chi connectivity index (χ3v) is 6.97. The Bertz CT molecular complexity index is 1460. The minimum absolute atomic E-state index is 0.0721. The molecule has 5 aromatic rings. The molecule has 0 saturated heterocycles. The van der Waals surface area contributed by atoms with E-state index in [0.717, 1.165) is 11.5 Å². The Hall–Kier alpha value is -3.06. The van der Waals surface area contributed by atoms with Crippen molar-refractivity contribution in [1.82, 2.24) is 0 Å². The van der Waals surface area contributed by atoms with Crippen LogP contribution in [0.5, 0.6) is 11.5 Å². The molecule has 1 heteroatoms.